The van der Waals surface area contributed by atoms with Gasteiger partial charge in [0, 0.05) is 31.1 Å². The van der Waals surface area contributed by atoms with Crippen LogP contribution in [0.15, 0.2) is 30.3 Å². The Bertz CT molecular complexity index is 314. The van der Waals surface area contributed by atoms with Crippen molar-refractivity contribution < 1.29 is 4.74 Å². The molecule has 1 fully saturated rings. The Kier molecular flexibility index (Phi) is 5.16. The minimum Gasteiger partial charge on any atom is -0.492 e. The molecule has 1 atom stereocenters. The molecular weight excluding hydrogens is 232 g/mol. The van der Waals surface area contributed by atoms with E-state index in [9.17, 15) is 0 Å². The third-order valence-corrected chi connectivity index (χ3v) is 3.96. The van der Waals surface area contributed by atoms with Crippen LogP contribution in [0.5, 0.6) is 5.75 Å². The van der Waals surface area contributed by atoms with E-state index in [2.05, 4.69) is 4.90 Å². The second kappa shape index (κ2) is 6.89. The van der Waals surface area contributed by atoms with Gasteiger partial charge in [0.2, 0.25) is 0 Å². The third kappa shape index (κ3) is 3.91. The van der Waals surface area contributed by atoms with E-state index in [0.717, 1.165) is 18.8 Å². The molecule has 4 heteroatoms. The standard InChI is InChI=1S/C13H20N2OS/c14-10-12(15-6-8-17-9-7-15)11-16-13-4-2-1-3-5-13/h1-5,12H,6-11,14H2/t12-/m1/s1. The summed E-state index contributed by atoms with van der Waals surface area (Å²) in [5.41, 5.74) is 5.84. The van der Waals surface area contributed by atoms with Crippen LogP contribution in [0, 0.1) is 0 Å². The van der Waals surface area contributed by atoms with E-state index in [-0.39, 0.29) is 0 Å². The van der Waals surface area contributed by atoms with Crippen LogP contribution < -0.4 is 10.5 Å². The zero-order valence-corrected chi connectivity index (χ0v) is 10.9. The minimum atomic E-state index is 0.344. The van der Waals surface area contributed by atoms with Crippen molar-refractivity contribution in [3.63, 3.8) is 0 Å². The van der Waals surface area contributed by atoms with Gasteiger partial charge in [0.05, 0.1) is 6.04 Å². The van der Waals surface area contributed by atoms with Gasteiger partial charge in [-0.05, 0) is 12.1 Å². The first-order valence-electron chi connectivity index (χ1n) is 6.10. The maximum absolute atomic E-state index is 5.84. The number of hydrogen-bond acceptors (Lipinski definition) is 4. The summed E-state index contributed by atoms with van der Waals surface area (Å²) in [6.45, 7) is 3.61. The van der Waals surface area contributed by atoms with Gasteiger partial charge < -0.3 is 10.5 Å². The van der Waals surface area contributed by atoms with Crippen molar-refractivity contribution in [3.8, 4) is 5.75 Å². The molecule has 2 rings (SSSR count). The van der Waals surface area contributed by atoms with Crippen LogP contribution in [-0.4, -0.2) is 48.7 Å². The van der Waals surface area contributed by atoms with Gasteiger partial charge in [-0.3, -0.25) is 4.90 Å². The molecule has 0 spiro atoms. The quantitative estimate of drug-likeness (QED) is 0.860. The van der Waals surface area contributed by atoms with Crippen LogP contribution in [0.1, 0.15) is 0 Å². The Hall–Kier alpha value is -0.710. The predicted molar refractivity (Wildman–Crippen MR) is 73.7 cm³/mol. The molecule has 0 aliphatic carbocycles. The third-order valence-electron chi connectivity index (χ3n) is 3.02. The summed E-state index contributed by atoms with van der Waals surface area (Å²) in [6, 6.07) is 10.3. The molecule has 17 heavy (non-hydrogen) atoms. The highest BCUT2D eigenvalue weighted by Crippen LogP contribution is 2.14. The molecule has 1 heterocycles. The second-order valence-corrected chi connectivity index (χ2v) is 5.39. The lowest BCUT2D eigenvalue weighted by atomic mass is 10.2. The van der Waals surface area contributed by atoms with Gasteiger partial charge in [-0.15, -0.1) is 0 Å². The predicted octanol–water partition coefficient (Wildman–Crippen LogP) is 1.44. The molecule has 1 saturated heterocycles. The van der Waals surface area contributed by atoms with Crippen LogP contribution in [0.4, 0.5) is 0 Å². The normalized spacial score (nSPS) is 18.9. The fourth-order valence-electron chi connectivity index (χ4n) is 1.97. The maximum atomic E-state index is 5.84. The number of para-hydroxylation sites is 1. The molecule has 0 saturated carbocycles. The number of rotatable bonds is 5. The van der Waals surface area contributed by atoms with Gasteiger partial charge in [0.25, 0.3) is 0 Å². The summed E-state index contributed by atoms with van der Waals surface area (Å²) >= 11 is 2.02. The molecule has 3 nitrogen and oxygen atoms in total. The van der Waals surface area contributed by atoms with Crippen LogP contribution in [0.3, 0.4) is 0 Å². The smallest absolute Gasteiger partial charge is 0.119 e. The van der Waals surface area contributed by atoms with Crippen LogP contribution >= 0.6 is 11.8 Å². The monoisotopic (exact) mass is 252 g/mol. The molecule has 0 bridgehead atoms. The van der Waals surface area contributed by atoms with Crippen molar-refractivity contribution in [1.29, 1.82) is 0 Å². The van der Waals surface area contributed by atoms with Crippen LogP contribution in [-0.2, 0) is 0 Å². The van der Waals surface area contributed by atoms with E-state index in [1.54, 1.807) is 0 Å². The fourth-order valence-corrected chi connectivity index (χ4v) is 2.91. The number of thioether (sulfide) groups is 1. The molecule has 0 radical (unpaired) electrons. The van der Waals surface area contributed by atoms with Gasteiger partial charge in [-0.1, -0.05) is 18.2 Å². The zero-order chi connectivity index (χ0) is 11.9. The van der Waals surface area contributed by atoms with Crippen molar-refractivity contribution in [1.82, 2.24) is 4.90 Å². The number of benzene rings is 1. The second-order valence-electron chi connectivity index (χ2n) is 4.16. The van der Waals surface area contributed by atoms with Gasteiger partial charge in [0.15, 0.2) is 0 Å². The molecular formula is C13H20N2OS. The van der Waals surface area contributed by atoms with Crippen molar-refractivity contribution in [2.45, 2.75) is 6.04 Å². The van der Waals surface area contributed by atoms with Crippen LogP contribution in [0.25, 0.3) is 0 Å². The molecule has 0 amide bonds. The van der Waals surface area contributed by atoms with E-state index in [1.807, 2.05) is 42.1 Å². The summed E-state index contributed by atoms with van der Waals surface area (Å²) in [4.78, 5) is 2.44. The molecule has 1 aliphatic heterocycles. The first-order chi connectivity index (χ1) is 8.40. The highest BCUT2D eigenvalue weighted by molar-refractivity contribution is 7.99. The van der Waals surface area contributed by atoms with Gasteiger partial charge in [-0.25, -0.2) is 0 Å². The minimum absolute atomic E-state index is 0.344. The SMILES string of the molecule is NC[C@H](COc1ccccc1)N1CCSCC1. The highest BCUT2D eigenvalue weighted by atomic mass is 32.2. The van der Waals surface area contributed by atoms with E-state index in [0.29, 0.717) is 19.2 Å². The first kappa shape index (κ1) is 12.7. The first-order valence-corrected chi connectivity index (χ1v) is 7.25. The average molecular weight is 252 g/mol. The number of nitrogens with two attached hydrogens (primary N) is 1. The summed E-state index contributed by atoms with van der Waals surface area (Å²) < 4.78 is 5.78. The van der Waals surface area contributed by atoms with E-state index in [1.165, 1.54) is 11.5 Å². The largest absolute Gasteiger partial charge is 0.492 e. The topological polar surface area (TPSA) is 38.5 Å². The highest BCUT2D eigenvalue weighted by Gasteiger charge is 2.19. The number of hydrogen-bond donors (Lipinski definition) is 1. The van der Waals surface area contributed by atoms with E-state index < -0.39 is 0 Å². The summed E-state index contributed by atoms with van der Waals surface area (Å²) in [6.07, 6.45) is 0. The Labute approximate surface area is 107 Å². The fraction of sp³-hybridized carbons (Fsp3) is 0.538. The molecule has 0 aromatic heterocycles. The molecule has 1 aromatic rings. The van der Waals surface area contributed by atoms with Gasteiger partial charge in [-0.2, -0.15) is 11.8 Å². The molecule has 2 N–H and O–H groups in total. The molecule has 0 unspecified atom stereocenters. The lowest BCUT2D eigenvalue weighted by Crippen LogP contribution is -2.48. The lowest BCUT2D eigenvalue weighted by molar-refractivity contribution is 0.150. The Balaban J connectivity index is 1.82. The van der Waals surface area contributed by atoms with E-state index >= 15 is 0 Å². The summed E-state index contributed by atoms with van der Waals surface area (Å²) in [5, 5.41) is 0. The number of ether oxygens (including phenoxy) is 1. The maximum Gasteiger partial charge on any atom is 0.119 e. The van der Waals surface area contributed by atoms with Crippen molar-refractivity contribution in [2.75, 3.05) is 37.7 Å². The summed E-state index contributed by atoms with van der Waals surface area (Å²) in [5.74, 6) is 3.35. The Morgan fingerprint density at radius 1 is 1.24 bits per heavy atom. The van der Waals surface area contributed by atoms with Crippen LogP contribution in [0.2, 0.25) is 0 Å². The summed E-state index contributed by atoms with van der Waals surface area (Å²) in [7, 11) is 0. The average Bonchev–Trinajstić information content (AvgIpc) is 2.42. The van der Waals surface area contributed by atoms with Crippen molar-refractivity contribution in [2.24, 2.45) is 5.73 Å². The Morgan fingerprint density at radius 3 is 2.59 bits per heavy atom. The van der Waals surface area contributed by atoms with Gasteiger partial charge >= 0.3 is 0 Å². The number of nitrogens with zero attached hydrogens (tertiary/aromatic N) is 1. The van der Waals surface area contributed by atoms with E-state index in [4.69, 9.17) is 10.5 Å². The van der Waals surface area contributed by atoms with Crippen molar-refractivity contribution >= 4 is 11.8 Å². The Morgan fingerprint density at radius 2 is 1.94 bits per heavy atom. The van der Waals surface area contributed by atoms with Gasteiger partial charge in [0.1, 0.15) is 12.4 Å². The lowest BCUT2D eigenvalue weighted by Gasteiger charge is -2.33. The molecule has 94 valence electrons. The molecule has 1 aliphatic rings. The zero-order valence-electron chi connectivity index (χ0n) is 10.0. The molecule has 1 aromatic carbocycles. The van der Waals surface area contributed by atoms with Crippen molar-refractivity contribution in [3.05, 3.63) is 30.3 Å².